The van der Waals surface area contributed by atoms with Crippen LogP contribution in [0.3, 0.4) is 0 Å². The molecule has 46 heavy (non-hydrogen) atoms. The molecular weight excluding hydrogens is 648 g/mol. The van der Waals surface area contributed by atoms with Gasteiger partial charge < -0.3 is 9.84 Å². The van der Waals surface area contributed by atoms with Crippen molar-refractivity contribution in [3.63, 3.8) is 0 Å². The van der Waals surface area contributed by atoms with Crippen LogP contribution in [0.4, 0.5) is 24.5 Å². The summed E-state index contributed by atoms with van der Waals surface area (Å²) in [5.41, 5.74) is 1.02. The van der Waals surface area contributed by atoms with Gasteiger partial charge in [-0.15, -0.1) is 13.2 Å². The van der Waals surface area contributed by atoms with E-state index in [9.17, 15) is 37.5 Å². The SMILES string of the molecule is O=C1[C@H]2[C@H](CC=C3[C@H]2C[C@H]2C(=O)N(c4ccc(Cl)cc4)C(=O)[C@H]2[C@H]3c2cc(OC(F)(F)F)ccc2O)C(=O)N1c1ccc(Cl)cc1. The van der Waals surface area contributed by atoms with E-state index in [1.807, 2.05) is 0 Å². The minimum absolute atomic E-state index is 0.0375. The summed E-state index contributed by atoms with van der Waals surface area (Å²) in [5.74, 6) is -8.74. The Labute approximate surface area is 269 Å². The molecule has 1 saturated carbocycles. The number of anilines is 2. The number of allylic oxidation sites excluding steroid dienone is 2. The molecule has 0 bridgehead atoms. The van der Waals surface area contributed by atoms with Crippen molar-refractivity contribution >= 4 is 58.2 Å². The lowest BCUT2D eigenvalue weighted by atomic mass is 9.57. The third-order valence-corrected chi connectivity index (χ3v) is 9.89. The molecule has 1 N–H and O–H groups in total. The van der Waals surface area contributed by atoms with Crippen molar-refractivity contribution in [2.45, 2.75) is 25.1 Å². The van der Waals surface area contributed by atoms with Crippen LogP contribution >= 0.6 is 23.2 Å². The Bertz CT molecular complexity index is 1830. The Balaban J connectivity index is 1.35. The van der Waals surface area contributed by atoms with Crippen molar-refractivity contribution in [1.29, 1.82) is 0 Å². The number of fused-ring (bicyclic) bond motifs is 4. The van der Waals surface area contributed by atoms with Gasteiger partial charge in [0, 0.05) is 21.5 Å². The fraction of sp³-hybridized carbons (Fsp3) is 0.273. The number of ether oxygens (including phenoxy) is 1. The van der Waals surface area contributed by atoms with Gasteiger partial charge in [0.15, 0.2) is 0 Å². The first kappa shape index (κ1) is 30.3. The number of carbonyl (C=O) groups is 4. The number of rotatable bonds is 4. The predicted octanol–water partition coefficient (Wildman–Crippen LogP) is 6.64. The topological polar surface area (TPSA) is 104 Å². The summed E-state index contributed by atoms with van der Waals surface area (Å²) < 4.78 is 43.8. The molecule has 6 atom stereocenters. The maximum atomic E-state index is 14.1. The van der Waals surface area contributed by atoms with E-state index in [1.54, 1.807) is 30.3 Å². The predicted molar refractivity (Wildman–Crippen MR) is 160 cm³/mol. The van der Waals surface area contributed by atoms with Gasteiger partial charge in [0.2, 0.25) is 23.6 Å². The summed E-state index contributed by atoms with van der Waals surface area (Å²) in [6.07, 6.45) is -3.16. The normalized spacial score (nSPS) is 27.4. The Kier molecular flexibility index (Phi) is 7.17. The molecule has 2 heterocycles. The van der Waals surface area contributed by atoms with Crippen LogP contribution in [0.25, 0.3) is 0 Å². The number of benzene rings is 3. The van der Waals surface area contributed by atoms with Crippen molar-refractivity contribution in [3.8, 4) is 11.5 Å². The first-order valence-corrected chi connectivity index (χ1v) is 15.1. The monoisotopic (exact) mass is 670 g/mol. The number of amides is 4. The van der Waals surface area contributed by atoms with Crippen LogP contribution in [0.5, 0.6) is 11.5 Å². The number of phenols is 1. The second kappa shape index (κ2) is 10.9. The second-order valence-electron chi connectivity index (χ2n) is 11.8. The number of alkyl halides is 3. The van der Waals surface area contributed by atoms with Gasteiger partial charge in [-0.05, 0) is 85.5 Å². The molecule has 2 aliphatic carbocycles. The number of phenolic OH excluding ortho intramolecular Hbond substituents is 1. The summed E-state index contributed by atoms with van der Waals surface area (Å²) in [6, 6.07) is 15.2. The van der Waals surface area contributed by atoms with Gasteiger partial charge in [0.05, 0.1) is 35.0 Å². The van der Waals surface area contributed by atoms with Crippen LogP contribution in [0.15, 0.2) is 78.4 Å². The summed E-state index contributed by atoms with van der Waals surface area (Å²) in [5, 5.41) is 11.8. The largest absolute Gasteiger partial charge is 0.573 e. The maximum Gasteiger partial charge on any atom is 0.573 e. The van der Waals surface area contributed by atoms with Crippen LogP contribution in [0, 0.1) is 29.6 Å². The third-order valence-electron chi connectivity index (χ3n) is 9.39. The average molecular weight is 671 g/mol. The molecular formula is C33H23Cl2F3N2O6. The molecule has 236 valence electrons. The molecule has 13 heteroatoms. The van der Waals surface area contributed by atoms with Crippen molar-refractivity contribution < 1.29 is 42.2 Å². The van der Waals surface area contributed by atoms with E-state index in [1.165, 1.54) is 24.3 Å². The van der Waals surface area contributed by atoms with Gasteiger partial charge in [-0.25, -0.2) is 0 Å². The zero-order chi connectivity index (χ0) is 32.7. The zero-order valence-corrected chi connectivity index (χ0v) is 25.1. The third kappa shape index (κ3) is 4.84. The van der Waals surface area contributed by atoms with Crippen molar-refractivity contribution in [1.82, 2.24) is 0 Å². The summed E-state index contributed by atoms with van der Waals surface area (Å²) in [7, 11) is 0. The molecule has 3 fully saturated rings. The maximum absolute atomic E-state index is 14.1. The molecule has 2 saturated heterocycles. The number of hydrogen-bond donors (Lipinski definition) is 1. The van der Waals surface area contributed by atoms with Gasteiger partial charge in [0.25, 0.3) is 0 Å². The van der Waals surface area contributed by atoms with E-state index >= 15 is 0 Å². The smallest absolute Gasteiger partial charge is 0.508 e. The highest BCUT2D eigenvalue weighted by atomic mass is 35.5. The van der Waals surface area contributed by atoms with Gasteiger partial charge in [-0.2, -0.15) is 0 Å². The highest BCUT2D eigenvalue weighted by Gasteiger charge is 2.62. The van der Waals surface area contributed by atoms with Crippen molar-refractivity contribution in [2.24, 2.45) is 29.6 Å². The lowest BCUT2D eigenvalue weighted by Crippen LogP contribution is -2.43. The summed E-state index contributed by atoms with van der Waals surface area (Å²) >= 11 is 12.1. The molecule has 3 aromatic carbocycles. The molecule has 0 unspecified atom stereocenters. The number of imide groups is 2. The van der Waals surface area contributed by atoms with Crippen LogP contribution in [0.2, 0.25) is 10.0 Å². The molecule has 2 aliphatic heterocycles. The van der Waals surface area contributed by atoms with E-state index < -0.39 is 77.0 Å². The molecule has 0 aromatic heterocycles. The highest BCUT2D eigenvalue weighted by Crippen LogP contribution is 2.59. The van der Waals surface area contributed by atoms with Gasteiger partial charge in [-0.3, -0.25) is 29.0 Å². The van der Waals surface area contributed by atoms with E-state index in [0.29, 0.717) is 21.3 Å². The lowest BCUT2D eigenvalue weighted by Gasteiger charge is -2.44. The summed E-state index contributed by atoms with van der Waals surface area (Å²) in [6.45, 7) is 0. The Morgan fingerprint density at radius 3 is 1.83 bits per heavy atom. The van der Waals surface area contributed by atoms with Gasteiger partial charge in [-0.1, -0.05) is 34.9 Å². The number of halogens is 5. The Morgan fingerprint density at radius 1 is 0.717 bits per heavy atom. The Morgan fingerprint density at radius 2 is 1.26 bits per heavy atom. The van der Waals surface area contributed by atoms with Gasteiger partial charge in [0.1, 0.15) is 11.5 Å². The molecule has 4 aliphatic rings. The van der Waals surface area contributed by atoms with E-state index in [0.717, 1.165) is 28.0 Å². The Hall–Kier alpha value is -4.35. The van der Waals surface area contributed by atoms with E-state index in [4.69, 9.17) is 23.2 Å². The minimum Gasteiger partial charge on any atom is -0.508 e. The zero-order valence-electron chi connectivity index (χ0n) is 23.6. The average Bonchev–Trinajstić information content (AvgIpc) is 3.41. The number of nitrogens with zero attached hydrogens (tertiary/aromatic N) is 2. The molecule has 0 spiro atoms. The summed E-state index contributed by atoms with van der Waals surface area (Å²) in [4.78, 5) is 58.0. The van der Waals surface area contributed by atoms with E-state index in [-0.39, 0.29) is 24.1 Å². The quantitative estimate of drug-likeness (QED) is 0.246. The number of hydrogen-bond acceptors (Lipinski definition) is 6. The first-order valence-electron chi connectivity index (χ1n) is 14.4. The van der Waals surface area contributed by atoms with E-state index in [2.05, 4.69) is 4.74 Å². The fourth-order valence-electron chi connectivity index (χ4n) is 7.60. The highest BCUT2D eigenvalue weighted by molar-refractivity contribution is 6.31. The van der Waals surface area contributed by atoms with Crippen LogP contribution in [-0.2, 0) is 19.2 Å². The molecule has 3 aromatic rings. The van der Waals surface area contributed by atoms with Crippen molar-refractivity contribution in [3.05, 3.63) is 94.0 Å². The van der Waals surface area contributed by atoms with Crippen molar-refractivity contribution in [2.75, 3.05) is 9.80 Å². The van der Waals surface area contributed by atoms with Crippen LogP contribution in [0.1, 0.15) is 24.3 Å². The second-order valence-corrected chi connectivity index (χ2v) is 12.6. The molecule has 7 rings (SSSR count). The number of carbonyl (C=O) groups excluding carboxylic acids is 4. The fourth-order valence-corrected chi connectivity index (χ4v) is 7.86. The standard InChI is InChI=1S/C33H23Cl2F3N2O6/c34-15-1-5-17(6-2-15)39-29(42)21-11-10-20-22(27(21)31(39)44)14-24-28(32(45)40(30(24)43)18-7-3-16(35)4-8-18)26(20)23-13-19(9-12-25(23)41)46-33(36,37)38/h1-10,12-13,21-22,24,26-28,41H,11,14H2/t21-,22+,24+,26+,27-,28+/m0/s1. The van der Waals surface area contributed by atoms with Crippen LogP contribution < -0.4 is 14.5 Å². The minimum atomic E-state index is -5.03. The lowest BCUT2D eigenvalue weighted by molar-refractivity contribution is -0.274. The molecule has 0 radical (unpaired) electrons. The van der Waals surface area contributed by atoms with Gasteiger partial charge >= 0.3 is 6.36 Å². The van der Waals surface area contributed by atoms with Crippen LogP contribution in [-0.4, -0.2) is 35.1 Å². The number of aromatic hydroxyl groups is 1. The first-order chi connectivity index (χ1) is 21.8. The molecule has 8 nitrogen and oxygen atoms in total. The molecule has 4 amide bonds.